The van der Waals surface area contributed by atoms with Crippen LogP contribution in [0.15, 0.2) is 12.1 Å². The van der Waals surface area contributed by atoms with E-state index in [9.17, 15) is 18.9 Å². The van der Waals surface area contributed by atoms with Crippen molar-refractivity contribution in [2.75, 3.05) is 32.7 Å². The van der Waals surface area contributed by atoms with E-state index >= 15 is 0 Å². The van der Waals surface area contributed by atoms with Crippen molar-refractivity contribution in [1.82, 2.24) is 0 Å². The average Bonchev–Trinajstić information content (AvgIpc) is 2.43. The first-order valence-electron chi connectivity index (χ1n) is 5.47. The maximum atomic E-state index is 13.0. The van der Waals surface area contributed by atoms with Crippen molar-refractivity contribution in [2.24, 2.45) is 0 Å². The molecule has 20 heavy (non-hydrogen) atoms. The van der Waals surface area contributed by atoms with Crippen molar-refractivity contribution in [3.8, 4) is 11.5 Å². The van der Waals surface area contributed by atoms with E-state index in [1.807, 2.05) is 0 Å². The molecule has 0 unspecified atom stereocenters. The first kappa shape index (κ1) is 15.9. The summed E-state index contributed by atoms with van der Waals surface area (Å²) >= 11 is 0. The van der Waals surface area contributed by atoms with Crippen molar-refractivity contribution in [2.45, 2.75) is 5.92 Å². The van der Waals surface area contributed by atoms with Crippen LogP contribution in [0.3, 0.4) is 0 Å². The molecule has 0 saturated heterocycles. The highest BCUT2D eigenvalue weighted by molar-refractivity contribution is 5.68. The van der Waals surface area contributed by atoms with E-state index < -0.39 is 29.7 Å². The van der Waals surface area contributed by atoms with Crippen LogP contribution in [0.1, 0.15) is 0 Å². The number of aliphatic hydroxyl groups excluding tert-OH is 1. The number of alkyl halides is 2. The zero-order valence-electron chi connectivity index (χ0n) is 10.9. The van der Waals surface area contributed by atoms with E-state index in [2.05, 4.69) is 5.32 Å². The molecule has 0 bridgehead atoms. The summed E-state index contributed by atoms with van der Waals surface area (Å²) in [6, 6.07) is 2.25. The topological polar surface area (TPSA) is 93.9 Å². The summed E-state index contributed by atoms with van der Waals surface area (Å²) < 4.78 is 35.8. The van der Waals surface area contributed by atoms with Crippen LogP contribution in [0.5, 0.6) is 11.5 Å². The Hall–Kier alpha value is -2.16. The maximum absolute atomic E-state index is 13.0. The van der Waals surface area contributed by atoms with Crippen molar-refractivity contribution in [1.29, 1.82) is 0 Å². The summed E-state index contributed by atoms with van der Waals surface area (Å²) in [5.74, 6) is -3.12. The first-order valence-corrected chi connectivity index (χ1v) is 5.47. The largest absolute Gasteiger partial charge is 0.493 e. The third-order valence-corrected chi connectivity index (χ3v) is 2.47. The molecule has 0 aliphatic rings. The predicted octanol–water partition coefficient (Wildman–Crippen LogP) is 1.65. The number of anilines is 1. The molecule has 0 aliphatic heterocycles. The Labute approximate surface area is 113 Å². The number of rotatable bonds is 7. The van der Waals surface area contributed by atoms with Gasteiger partial charge in [-0.1, -0.05) is 0 Å². The molecular weight excluding hydrogens is 278 g/mol. The van der Waals surface area contributed by atoms with Gasteiger partial charge in [0.05, 0.1) is 31.8 Å². The number of halogens is 2. The summed E-state index contributed by atoms with van der Waals surface area (Å²) in [6.45, 7) is -2.30. The highest BCUT2D eigenvalue weighted by Crippen LogP contribution is 2.37. The molecule has 0 fully saturated rings. The fourth-order valence-electron chi connectivity index (χ4n) is 1.44. The molecule has 0 aliphatic carbocycles. The van der Waals surface area contributed by atoms with Gasteiger partial charge in [0.2, 0.25) is 0 Å². The molecule has 2 N–H and O–H groups in total. The fourth-order valence-corrected chi connectivity index (χ4v) is 1.44. The highest BCUT2D eigenvalue weighted by atomic mass is 19.3. The van der Waals surface area contributed by atoms with Gasteiger partial charge in [0.25, 0.3) is 11.6 Å². The van der Waals surface area contributed by atoms with Crippen molar-refractivity contribution < 1.29 is 28.3 Å². The van der Waals surface area contributed by atoms with Gasteiger partial charge in [-0.15, -0.1) is 0 Å². The van der Waals surface area contributed by atoms with Gasteiger partial charge in [0.15, 0.2) is 11.5 Å². The Balaban J connectivity index is 3.13. The maximum Gasteiger partial charge on any atom is 0.296 e. The summed E-state index contributed by atoms with van der Waals surface area (Å²) in [6.07, 6.45) is 0. The van der Waals surface area contributed by atoms with E-state index in [4.69, 9.17) is 14.6 Å². The number of hydrogen-bond donors (Lipinski definition) is 2. The molecular formula is C11H14F2N2O5. The van der Waals surface area contributed by atoms with Gasteiger partial charge in [-0.2, -0.15) is 0 Å². The van der Waals surface area contributed by atoms with Gasteiger partial charge >= 0.3 is 0 Å². The fraction of sp³-hybridized carbons (Fsp3) is 0.455. The van der Waals surface area contributed by atoms with Crippen LogP contribution in [0.4, 0.5) is 20.2 Å². The Morgan fingerprint density at radius 3 is 2.35 bits per heavy atom. The third kappa shape index (κ3) is 3.67. The number of ether oxygens (including phenoxy) is 2. The van der Waals surface area contributed by atoms with Gasteiger partial charge in [-0.3, -0.25) is 10.1 Å². The number of nitro groups is 1. The van der Waals surface area contributed by atoms with Crippen molar-refractivity contribution in [3.05, 3.63) is 22.2 Å². The molecule has 0 atom stereocenters. The second-order valence-corrected chi connectivity index (χ2v) is 3.85. The number of nitrogens with zero attached hydrogens (tertiary/aromatic N) is 1. The Morgan fingerprint density at radius 2 is 1.90 bits per heavy atom. The lowest BCUT2D eigenvalue weighted by Crippen LogP contribution is -2.31. The number of hydrogen-bond acceptors (Lipinski definition) is 6. The van der Waals surface area contributed by atoms with Gasteiger partial charge in [0.1, 0.15) is 12.3 Å². The van der Waals surface area contributed by atoms with Gasteiger partial charge in [-0.25, -0.2) is 8.78 Å². The molecule has 0 radical (unpaired) electrons. The molecule has 0 spiro atoms. The zero-order valence-corrected chi connectivity index (χ0v) is 10.9. The molecule has 112 valence electrons. The van der Waals surface area contributed by atoms with E-state index in [-0.39, 0.29) is 17.2 Å². The van der Waals surface area contributed by atoms with Gasteiger partial charge in [0, 0.05) is 6.07 Å². The van der Waals surface area contributed by atoms with Crippen LogP contribution in [-0.4, -0.2) is 43.3 Å². The molecule has 1 aromatic rings. The minimum absolute atomic E-state index is 0.110. The molecule has 7 nitrogen and oxygen atoms in total. The summed E-state index contributed by atoms with van der Waals surface area (Å²) in [7, 11) is 2.62. The van der Waals surface area contributed by atoms with Crippen LogP contribution < -0.4 is 14.8 Å². The number of nitro benzene ring substituents is 1. The SMILES string of the molecule is COc1cc(NCC(F)(F)CO)c([N+](=O)[O-])cc1OC. The molecule has 1 aromatic carbocycles. The van der Waals surface area contributed by atoms with Crippen molar-refractivity contribution in [3.63, 3.8) is 0 Å². The standard InChI is InChI=1S/C11H14F2N2O5/c1-19-9-3-7(14-5-11(12,13)6-16)8(15(17)18)4-10(9)20-2/h3-4,14,16H,5-6H2,1-2H3. The van der Waals surface area contributed by atoms with E-state index in [1.54, 1.807) is 0 Å². The highest BCUT2D eigenvalue weighted by Gasteiger charge is 2.29. The predicted molar refractivity (Wildman–Crippen MR) is 66.7 cm³/mol. The normalized spacial score (nSPS) is 11.1. The Bertz CT molecular complexity index is 496. The molecule has 1 rings (SSSR count). The number of nitrogens with one attached hydrogen (secondary N) is 1. The monoisotopic (exact) mass is 292 g/mol. The lowest BCUT2D eigenvalue weighted by molar-refractivity contribution is -0.384. The number of aliphatic hydroxyl groups is 1. The van der Waals surface area contributed by atoms with Gasteiger partial charge in [-0.05, 0) is 0 Å². The Morgan fingerprint density at radius 1 is 1.35 bits per heavy atom. The van der Waals surface area contributed by atoms with E-state index in [0.29, 0.717) is 0 Å². The molecule has 0 amide bonds. The van der Waals surface area contributed by atoms with Crippen LogP contribution in [0.25, 0.3) is 0 Å². The van der Waals surface area contributed by atoms with E-state index in [0.717, 1.165) is 6.07 Å². The lowest BCUT2D eigenvalue weighted by atomic mass is 10.2. The molecule has 0 heterocycles. The molecule has 9 heteroatoms. The smallest absolute Gasteiger partial charge is 0.296 e. The summed E-state index contributed by atoms with van der Waals surface area (Å²) in [5.41, 5.74) is -0.586. The van der Waals surface area contributed by atoms with Crippen LogP contribution >= 0.6 is 0 Å². The lowest BCUT2D eigenvalue weighted by Gasteiger charge is -2.16. The first-order chi connectivity index (χ1) is 9.34. The summed E-state index contributed by atoms with van der Waals surface area (Å²) in [5, 5.41) is 21.6. The van der Waals surface area contributed by atoms with E-state index in [1.165, 1.54) is 20.3 Å². The van der Waals surface area contributed by atoms with Crippen LogP contribution in [0.2, 0.25) is 0 Å². The second-order valence-electron chi connectivity index (χ2n) is 3.85. The van der Waals surface area contributed by atoms with Crippen molar-refractivity contribution >= 4 is 11.4 Å². The second kappa shape index (κ2) is 6.33. The molecule has 0 aromatic heterocycles. The third-order valence-electron chi connectivity index (χ3n) is 2.47. The van der Waals surface area contributed by atoms with Gasteiger partial charge < -0.3 is 19.9 Å². The zero-order chi connectivity index (χ0) is 15.3. The van der Waals surface area contributed by atoms with Crippen LogP contribution in [0, 0.1) is 10.1 Å². The minimum Gasteiger partial charge on any atom is -0.493 e. The summed E-state index contributed by atoms with van der Waals surface area (Å²) in [4.78, 5) is 10.2. The number of benzene rings is 1. The quantitative estimate of drug-likeness (QED) is 0.586. The number of methoxy groups -OCH3 is 2. The average molecular weight is 292 g/mol. The molecule has 0 saturated carbocycles. The Kier molecular flexibility index (Phi) is 5.03. The minimum atomic E-state index is -3.39. The van der Waals surface area contributed by atoms with Crippen LogP contribution in [-0.2, 0) is 0 Å².